The lowest BCUT2D eigenvalue weighted by Crippen LogP contribution is -2.33. The molecular weight excluding hydrogens is 821 g/mol. The van der Waals surface area contributed by atoms with E-state index in [4.69, 9.17) is 18.8 Å². The Labute approximate surface area is 382 Å². The highest BCUT2D eigenvalue weighted by Crippen LogP contribution is 2.44. The van der Waals surface area contributed by atoms with Crippen molar-refractivity contribution >= 4 is 120 Å². The molecule has 3 aromatic heterocycles. The number of fused-ring (bicyclic) bond motifs is 15. The lowest BCUT2D eigenvalue weighted by atomic mass is 10.0. The van der Waals surface area contributed by atoms with Crippen molar-refractivity contribution in [3.63, 3.8) is 0 Å². The van der Waals surface area contributed by atoms with Crippen LogP contribution in [-0.4, -0.2) is 16.2 Å². The molecule has 6 heteroatoms. The van der Waals surface area contributed by atoms with Crippen LogP contribution in [0.25, 0.3) is 114 Å². The van der Waals surface area contributed by atoms with Gasteiger partial charge in [0.15, 0.2) is 11.4 Å². The molecule has 0 aliphatic carbocycles. The molecule has 0 amide bonds. The topological polar surface area (TPSA) is 68.0 Å². The Bertz CT molecular complexity index is 4510. The standard InChI is InChI=1S/C61H36N4O2/c1-2-14-38-29-41(22-21-35(38)11-1)59-62-60(42-24-26-47-46-19-9-10-20-53(46)66-55(47)34-42)64-61(63-59)43-31-50-56-44-17-7-5-12-36(44)25-28-54(56)67-58(50)52(33-43)65-51-32-40-16-4-3-15-39(40)30-49(51)48-27-23-37-13-6-8-18-45(37)57(48)65/h1-34,60H,(H,62,63,64). The Morgan fingerprint density at radius 3 is 1.93 bits per heavy atom. The minimum absolute atomic E-state index is 0.476. The zero-order valence-electron chi connectivity index (χ0n) is 35.9. The highest BCUT2D eigenvalue weighted by Gasteiger charge is 2.27. The molecule has 1 atom stereocenters. The molecule has 0 saturated carbocycles. The number of nitrogens with one attached hydrogen (secondary N) is 1. The Kier molecular flexibility index (Phi) is 7.46. The fourth-order valence-corrected chi connectivity index (χ4v) is 10.8. The third-order valence-corrected chi connectivity index (χ3v) is 13.9. The summed E-state index contributed by atoms with van der Waals surface area (Å²) in [6.45, 7) is 0. The van der Waals surface area contributed by atoms with Gasteiger partial charge in [-0.1, -0.05) is 158 Å². The number of rotatable bonds is 4. The maximum Gasteiger partial charge on any atom is 0.159 e. The number of nitrogens with zero attached hydrogens (tertiary/aromatic N) is 3. The van der Waals surface area contributed by atoms with Crippen molar-refractivity contribution in [1.29, 1.82) is 0 Å². The summed E-state index contributed by atoms with van der Waals surface area (Å²) in [6.07, 6.45) is -0.476. The number of para-hydroxylation sites is 1. The molecule has 0 radical (unpaired) electrons. The van der Waals surface area contributed by atoms with Crippen LogP contribution in [0, 0.1) is 0 Å². The van der Waals surface area contributed by atoms with Crippen molar-refractivity contribution in [3.05, 3.63) is 223 Å². The van der Waals surface area contributed by atoms with E-state index >= 15 is 0 Å². The molecule has 1 N–H and O–H groups in total. The molecule has 0 fully saturated rings. The van der Waals surface area contributed by atoms with Gasteiger partial charge in [-0.2, -0.15) is 0 Å². The van der Waals surface area contributed by atoms with Gasteiger partial charge in [-0.15, -0.1) is 0 Å². The number of aliphatic imine (C=N–C) groups is 2. The van der Waals surface area contributed by atoms with Crippen molar-refractivity contribution in [2.24, 2.45) is 9.98 Å². The minimum Gasteiger partial charge on any atom is -0.456 e. The lowest BCUT2D eigenvalue weighted by Gasteiger charge is -2.24. The van der Waals surface area contributed by atoms with Gasteiger partial charge in [0.25, 0.3) is 0 Å². The molecule has 6 nitrogen and oxygen atoms in total. The SMILES string of the molecule is c1ccc2cc(C3=NC(c4cc(-n5c6cc7ccccc7cc6c6ccc7ccccc7c65)c5oc6ccc7ccccc7c6c5c4)=NC(c4ccc5c(c4)oc4ccccc45)N3)ccc2c1. The third-order valence-electron chi connectivity index (χ3n) is 13.9. The normalized spacial score (nSPS) is 14.4. The van der Waals surface area contributed by atoms with E-state index in [0.29, 0.717) is 5.84 Å². The first-order valence-electron chi connectivity index (χ1n) is 22.7. The van der Waals surface area contributed by atoms with Gasteiger partial charge in [0.1, 0.15) is 28.8 Å². The van der Waals surface area contributed by atoms with Crippen LogP contribution in [0.1, 0.15) is 22.9 Å². The molecule has 11 aromatic carbocycles. The Morgan fingerprint density at radius 2 is 1.07 bits per heavy atom. The minimum atomic E-state index is -0.476. The molecule has 1 aliphatic heterocycles. The van der Waals surface area contributed by atoms with Crippen LogP contribution in [0.3, 0.4) is 0 Å². The number of hydrogen-bond acceptors (Lipinski definition) is 5. The van der Waals surface area contributed by atoms with E-state index < -0.39 is 6.17 Å². The van der Waals surface area contributed by atoms with Crippen LogP contribution in [0.4, 0.5) is 0 Å². The molecule has 0 spiro atoms. The van der Waals surface area contributed by atoms with Gasteiger partial charge in [0, 0.05) is 54.4 Å². The third kappa shape index (κ3) is 5.44. The van der Waals surface area contributed by atoms with Crippen LogP contribution in [0.15, 0.2) is 225 Å². The molecule has 312 valence electrons. The first kappa shape index (κ1) is 36.4. The van der Waals surface area contributed by atoms with E-state index in [1.807, 2.05) is 12.1 Å². The highest BCUT2D eigenvalue weighted by atomic mass is 16.3. The molecule has 0 bridgehead atoms. The zero-order valence-corrected chi connectivity index (χ0v) is 35.9. The number of aromatic nitrogens is 1. The average Bonchev–Trinajstić information content (AvgIpc) is 4.07. The maximum absolute atomic E-state index is 7.12. The number of furan rings is 2. The second-order valence-corrected chi connectivity index (χ2v) is 17.7. The van der Waals surface area contributed by atoms with Crippen LogP contribution in [0.5, 0.6) is 0 Å². The second-order valence-electron chi connectivity index (χ2n) is 17.7. The fourth-order valence-electron chi connectivity index (χ4n) is 10.8. The van der Waals surface area contributed by atoms with Crippen LogP contribution >= 0.6 is 0 Å². The summed E-state index contributed by atoms with van der Waals surface area (Å²) in [7, 11) is 0. The molecular formula is C61H36N4O2. The van der Waals surface area contributed by atoms with Crippen LogP contribution < -0.4 is 5.32 Å². The monoisotopic (exact) mass is 856 g/mol. The van der Waals surface area contributed by atoms with Gasteiger partial charge in [-0.05, 0) is 86.2 Å². The van der Waals surface area contributed by atoms with Gasteiger partial charge < -0.3 is 18.7 Å². The summed E-state index contributed by atoms with van der Waals surface area (Å²) in [5.74, 6) is 1.36. The summed E-state index contributed by atoms with van der Waals surface area (Å²) in [5.41, 5.74) is 9.27. The van der Waals surface area contributed by atoms with Crippen molar-refractivity contribution in [1.82, 2.24) is 9.88 Å². The molecule has 1 unspecified atom stereocenters. The predicted octanol–water partition coefficient (Wildman–Crippen LogP) is 15.7. The Morgan fingerprint density at radius 1 is 0.418 bits per heavy atom. The van der Waals surface area contributed by atoms with Crippen molar-refractivity contribution < 1.29 is 8.83 Å². The summed E-state index contributed by atoms with van der Waals surface area (Å²) in [5, 5.41) is 19.6. The van der Waals surface area contributed by atoms with Gasteiger partial charge in [0.2, 0.25) is 0 Å². The number of hydrogen-bond donors (Lipinski definition) is 1. The second kappa shape index (κ2) is 13.8. The zero-order chi connectivity index (χ0) is 43.7. The first-order valence-corrected chi connectivity index (χ1v) is 22.7. The van der Waals surface area contributed by atoms with Crippen LogP contribution in [0.2, 0.25) is 0 Å². The highest BCUT2D eigenvalue weighted by molar-refractivity contribution is 6.25. The number of amidine groups is 2. The van der Waals surface area contributed by atoms with Gasteiger partial charge in [0.05, 0.1) is 16.7 Å². The van der Waals surface area contributed by atoms with Crippen molar-refractivity contribution in [2.75, 3.05) is 0 Å². The molecule has 4 heterocycles. The van der Waals surface area contributed by atoms with E-state index in [0.717, 1.165) is 105 Å². The summed E-state index contributed by atoms with van der Waals surface area (Å²) < 4.78 is 16.0. The number of benzene rings is 11. The van der Waals surface area contributed by atoms with E-state index in [1.165, 1.54) is 32.3 Å². The smallest absolute Gasteiger partial charge is 0.159 e. The quantitative estimate of drug-likeness (QED) is 0.192. The molecule has 67 heavy (non-hydrogen) atoms. The largest absolute Gasteiger partial charge is 0.456 e. The van der Waals surface area contributed by atoms with Crippen molar-refractivity contribution in [2.45, 2.75) is 6.17 Å². The van der Waals surface area contributed by atoms with Gasteiger partial charge >= 0.3 is 0 Å². The van der Waals surface area contributed by atoms with E-state index in [-0.39, 0.29) is 0 Å². The molecule has 15 rings (SSSR count). The summed E-state index contributed by atoms with van der Waals surface area (Å²) >= 11 is 0. The summed E-state index contributed by atoms with van der Waals surface area (Å²) in [4.78, 5) is 11.0. The summed E-state index contributed by atoms with van der Waals surface area (Å²) in [6, 6.07) is 73.4. The average molecular weight is 857 g/mol. The van der Waals surface area contributed by atoms with E-state index in [9.17, 15) is 0 Å². The maximum atomic E-state index is 7.12. The van der Waals surface area contributed by atoms with E-state index in [2.05, 4.69) is 204 Å². The predicted molar refractivity (Wildman–Crippen MR) is 277 cm³/mol. The lowest BCUT2D eigenvalue weighted by molar-refractivity contribution is 0.655. The Balaban J connectivity index is 1.05. The molecule has 1 aliphatic rings. The fraction of sp³-hybridized carbons (Fsp3) is 0.0164. The van der Waals surface area contributed by atoms with Crippen molar-refractivity contribution in [3.8, 4) is 5.69 Å². The van der Waals surface area contributed by atoms with Gasteiger partial charge in [-0.25, -0.2) is 9.98 Å². The van der Waals surface area contributed by atoms with Crippen LogP contribution in [-0.2, 0) is 0 Å². The molecule has 14 aromatic rings. The van der Waals surface area contributed by atoms with Gasteiger partial charge in [-0.3, -0.25) is 0 Å². The Hall–Kier alpha value is -9.00. The molecule has 0 saturated heterocycles. The van der Waals surface area contributed by atoms with E-state index in [1.54, 1.807) is 0 Å². The first-order chi connectivity index (χ1) is 33.2.